The van der Waals surface area contributed by atoms with Crippen LogP contribution in [0.2, 0.25) is 5.02 Å². The molecular formula is C10H7ClF3N. The van der Waals surface area contributed by atoms with E-state index in [-0.39, 0.29) is 0 Å². The Bertz CT molecular complexity index is 487. The van der Waals surface area contributed by atoms with E-state index < -0.39 is 12.7 Å². The van der Waals surface area contributed by atoms with Crippen molar-refractivity contribution in [2.24, 2.45) is 0 Å². The van der Waals surface area contributed by atoms with E-state index >= 15 is 0 Å². The molecule has 0 unspecified atom stereocenters. The zero-order valence-electron chi connectivity index (χ0n) is 7.55. The summed E-state index contributed by atoms with van der Waals surface area (Å²) < 4.78 is 37.8. The van der Waals surface area contributed by atoms with Crippen molar-refractivity contribution in [3.8, 4) is 0 Å². The molecule has 0 aliphatic carbocycles. The number of aromatic nitrogens is 1. The molecule has 0 aliphatic rings. The van der Waals surface area contributed by atoms with Crippen molar-refractivity contribution in [1.82, 2.24) is 4.57 Å². The van der Waals surface area contributed by atoms with Gasteiger partial charge in [-0.2, -0.15) is 13.2 Å². The van der Waals surface area contributed by atoms with Crippen molar-refractivity contribution < 1.29 is 13.2 Å². The number of alkyl halides is 3. The molecule has 0 saturated carbocycles. The SMILES string of the molecule is FC(F)(F)Cn1ccc2cccc(Cl)c21. The maximum atomic E-state index is 12.2. The maximum absolute atomic E-state index is 12.2. The molecule has 0 atom stereocenters. The molecule has 0 amide bonds. The van der Waals surface area contributed by atoms with E-state index in [4.69, 9.17) is 11.6 Å². The zero-order chi connectivity index (χ0) is 11.1. The van der Waals surface area contributed by atoms with Gasteiger partial charge < -0.3 is 4.57 Å². The Balaban J connectivity index is 2.53. The summed E-state index contributed by atoms with van der Waals surface area (Å²) in [6, 6.07) is 6.64. The van der Waals surface area contributed by atoms with E-state index in [9.17, 15) is 13.2 Å². The molecule has 0 aliphatic heterocycles. The third-order valence-corrected chi connectivity index (χ3v) is 2.39. The minimum absolute atomic E-state index is 0.335. The third-order valence-electron chi connectivity index (χ3n) is 2.09. The molecule has 0 radical (unpaired) electrons. The monoisotopic (exact) mass is 233 g/mol. The number of benzene rings is 1. The number of hydrogen-bond donors (Lipinski definition) is 0. The van der Waals surface area contributed by atoms with E-state index in [1.165, 1.54) is 6.20 Å². The largest absolute Gasteiger partial charge is 0.406 e. The Hall–Kier alpha value is -1.16. The molecule has 2 rings (SSSR count). The molecule has 1 aromatic carbocycles. The molecular weight excluding hydrogens is 227 g/mol. The van der Waals surface area contributed by atoms with Crippen molar-refractivity contribution in [3.05, 3.63) is 35.5 Å². The highest BCUT2D eigenvalue weighted by atomic mass is 35.5. The van der Waals surface area contributed by atoms with E-state index in [1.54, 1.807) is 24.3 Å². The van der Waals surface area contributed by atoms with Crippen LogP contribution in [0.4, 0.5) is 13.2 Å². The van der Waals surface area contributed by atoms with Crippen LogP contribution in [0, 0.1) is 0 Å². The maximum Gasteiger partial charge on any atom is 0.406 e. The van der Waals surface area contributed by atoms with Gasteiger partial charge in [0, 0.05) is 11.6 Å². The zero-order valence-corrected chi connectivity index (χ0v) is 8.31. The Morgan fingerprint density at radius 3 is 2.60 bits per heavy atom. The first-order chi connectivity index (χ1) is 6.97. The van der Waals surface area contributed by atoms with Gasteiger partial charge in [-0.25, -0.2) is 0 Å². The van der Waals surface area contributed by atoms with Crippen LogP contribution in [0.5, 0.6) is 0 Å². The minimum atomic E-state index is -4.23. The molecule has 1 nitrogen and oxygen atoms in total. The fourth-order valence-electron chi connectivity index (χ4n) is 1.54. The van der Waals surface area contributed by atoms with Gasteiger partial charge in [0.05, 0.1) is 10.5 Å². The molecule has 1 heterocycles. The predicted molar refractivity (Wildman–Crippen MR) is 53.0 cm³/mol. The molecule has 15 heavy (non-hydrogen) atoms. The fourth-order valence-corrected chi connectivity index (χ4v) is 1.83. The molecule has 0 saturated heterocycles. The Kier molecular flexibility index (Phi) is 2.38. The lowest BCUT2D eigenvalue weighted by molar-refractivity contribution is -0.139. The highest BCUT2D eigenvalue weighted by Crippen LogP contribution is 2.27. The molecule has 1 aromatic heterocycles. The summed E-state index contributed by atoms with van der Waals surface area (Å²) in [5.41, 5.74) is 0.427. The van der Waals surface area contributed by atoms with Crippen LogP contribution in [0.3, 0.4) is 0 Å². The number of hydrogen-bond acceptors (Lipinski definition) is 0. The summed E-state index contributed by atoms with van der Waals surface area (Å²) in [6.45, 7) is -1.01. The summed E-state index contributed by atoms with van der Waals surface area (Å²) in [5, 5.41) is 1.05. The van der Waals surface area contributed by atoms with Crippen LogP contribution in [-0.2, 0) is 6.54 Å². The number of nitrogens with zero attached hydrogens (tertiary/aromatic N) is 1. The second-order valence-electron chi connectivity index (χ2n) is 3.24. The van der Waals surface area contributed by atoms with Gasteiger partial charge in [0.1, 0.15) is 6.54 Å². The number of rotatable bonds is 1. The number of para-hydroxylation sites is 1. The van der Waals surface area contributed by atoms with Gasteiger partial charge in [-0.1, -0.05) is 23.7 Å². The average Bonchev–Trinajstić information content (AvgIpc) is 2.47. The highest BCUT2D eigenvalue weighted by Gasteiger charge is 2.28. The Labute approximate surface area is 89.1 Å². The average molecular weight is 234 g/mol. The first kappa shape index (κ1) is 10.4. The van der Waals surface area contributed by atoms with E-state index in [2.05, 4.69) is 0 Å². The molecule has 80 valence electrons. The van der Waals surface area contributed by atoms with Gasteiger partial charge in [-0.05, 0) is 12.1 Å². The fraction of sp³-hybridized carbons (Fsp3) is 0.200. The van der Waals surface area contributed by atoms with Crippen LogP contribution >= 0.6 is 11.6 Å². The first-order valence-corrected chi connectivity index (χ1v) is 4.65. The second-order valence-corrected chi connectivity index (χ2v) is 3.64. The molecule has 0 fully saturated rings. The lowest BCUT2D eigenvalue weighted by Gasteiger charge is -2.09. The van der Waals surface area contributed by atoms with Crippen LogP contribution in [0.1, 0.15) is 0 Å². The van der Waals surface area contributed by atoms with Crippen LogP contribution in [-0.4, -0.2) is 10.7 Å². The highest BCUT2D eigenvalue weighted by molar-refractivity contribution is 6.35. The third kappa shape index (κ3) is 2.09. The predicted octanol–water partition coefficient (Wildman–Crippen LogP) is 3.86. The van der Waals surface area contributed by atoms with Crippen LogP contribution < -0.4 is 0 Å². The molecule has 5 heteroatoms. The van der Waals surface area contributed by atoms with Gasteiger partial charge in [0.15, 0.2) is 0 Å². The minimum Gasteiger partial charge on any atom is -0.337 e. The Morgan fingerprint density at radius 1 is 1.20 bits per heavy atom. The molecule has 0 bridgehead atoms. The van der Waals surface area contributed by atoms with Crippen molar-refractivity contribution >= 4 is 22.5 Å². The lowest BCUT2D eigenvalue weighted by Crippen LogP contribution is -2.16. The van der Waals surface area contributed by atoms with Gasteiger partial charge in [-0.3, -0.25) is 0 Å². The Morgan fingerprint density at radius 2 is 1.93 bits per heavy atom. The van der Waals surface area contributed by atoms with E-state index in [0.29, 0.717) is 15.9 Å². The normalized spacial score (nSPS) is 12.3. The van der Waals surface area contributed by atoms with Gasteiger partial charge in [0.2, 0.25) is 0 Å². The molecule has 2 aromatic rings. The smallest absolute Gasteiger partial charge is 0.337 e. The quantitative estimate of drug-likeness (QED) is 0.705. The van der Waals surface area contributed by atoms with Crippen molar-refractivity contribution in [2.45, 2.75) is 12.7 Å². The molecule has 0 spiro atoms. The van der Waals surface area contributed by atoms with Crippen molar-refractivity contribution in [3.63, 3.8) is 0 Å². The van der Waals surface area contributed by atoms with E-state index in [0.717, 1.165) is 4.57 Å². The van der Waals surface area contributed by atoms with Crippen molar-refractivity contribution in [2.75, 3.05) is 0 Å². The summed E-state index contributed by atoms with van der Waals surface area (Å²) in [7, 11) is 0. The lowest BCUT2D eigenvalue weighted by atomic mass is 10.2. The van der Waals surface area contributed by atoms with Crippen LogP contribution in [0.15, 0.2) is 30.5 Å². The number of halogens is 4. The second kappa shape index (κ2) is 3.45. The standard InChI is InChI=1S/C10H7ClF3N/c11-8-3-1-2-7-4-5-15(9(7)8)6-10(12,13)14/h1-5H,6H2. The number of fused-ring (bicyclic) bond motifs is 1. The molecule has 0 N–H and O–H groups in total. The van der Waals surface area contributed by atoms with Crippen LogP contribution in [0.25, 0.3) is 10.9 Å². The van der Waals surface area contributed by atoms with Crippen molar-refractivity contribution in [1.29, 1.82) is 0 Å². The van der Waals surface area contributed by atoms with Gasteiger partial charge in [-0.15, -0.1) is 0 Å². The first-order valence-electron chi connectivity index (χ1n) is 4.27. The topological polar surface area (TPSA) is 4.93 Å². The van der Waals surface area contributed by atoms with E-state index in [1.807, 2.05) is 0 Å². The summed E-state index contributed by atoms with van der Waals surface area (Å²) in [5.74, 6) is 0. The summed E-state index contributed by atoms with van der Waals surface area (Å²) >= 11 is 5.84. The van der Waals surface area contributed by atoms with Gasteiger partial charge in [0.25, 0.3) is 0 Å². The summed E-state index contributed by atoms with van der Waals surface area (Å²) in [4.78, 5) is 0. The van der Waals surface area contributed by atoms with Gasteiger partial charge >= 0.3 is 6.18 Å². The summed E-state index contributed by atoms with van der Waals surface area (Å²) in [6.07, 6.45) is -2.84.